The number of hydrogen-bond donors (Lipinski definition) is 1. The van der Waals surface area contributed by atoms with Crippen LogP contribution in [0.1, 0.15) is 26.2 Å². The molecule has 1 saturated heterocycles. The zero-order chi connectivity index (χ0) is 11.5. The number of aliphatic hydroxyl groups is 1. The Morgan fingerprint density at radius 1 is 1.38 bits per heavy atom. The number of nitrogens with zero attached hydrogens (tertiary/aromatic N) is 1. The number of piperidine rings is 1. The highest BCUT2D eigenvalue weighted by atomic mass is 16.3. The maximum atomic E-state index is 11.9. The highest BCUT2D eigenvalue weighted by Gasteiger charge is 2.34. The van der Waals surface area contributed by atoms with Gasteiger partial charge in [-0.1, -0.05) is 25.1 Å². The van der Waals surface area contributed by atoms with Crippen LogP contribution in [0.3, 0.4) is 0 Å². The number of para-hydroxylation sites is 1. The Kier molecular flexibility index (Phi) is 3.25. The molecule has 2 atom stereocenters. The van der Waals surface area contributed by atoms with Crippen molar-refractivity contribution in [1.82, 2.24) is 0 Å². The number of benzene rings is 1. The van der Waals surface area contributed by atoms with E-state index in [0.717, 1.165) is 12.1 Å². The van der Waals surface area contributed by atoms with Crippen LogP contribution >= 0.6 is 0 Å². The fourth-order valence-electron chi connectivity index (χ4n) is 2.32. The Labute approximate surface area is 95.7 Å². The minimum absolute atomic E-state index is 0.0800. The summed E-state index contributed by atoms with van der Waals surface area (Å²) in [6.07, 6.45) is 1.40. The first-order valence-corrected chi connectivity index (χ1v) is 5.79. The van der Waals surface area contributed by atoms with Crippen LogP contribution in [0.4, 0.5) is 5.69 Å². The van der Waals surface area contributed by atoms with Gasteiger partial charge in [0, 0.05) is 12.1 Å². The van der Waals surface area contributed by atoms with Gasteiger partial charge in [-0.15, -0.1) is 0 Å². The van der Waals surface area contributed by atoms with Gasteiger partial charge >= 0.3 is 0 Å². The molecule has 1 aromatic carbocycles. The van der Waals surface area contributed by atoms with Crippen LogP contribution in [0.5, 0.6) is 0 Å². The molecule has 2 rings (SSSR count). The lowest BCUT2D eigenvalue weighted by molar-refractivity contribution is -0.122. The van der Waals surface area contributed by atoms with Crippen LogP contribution in [0.2, 0.25) is 0 Å². The fraction of sp³-hybridized carbons (Fsp3) is 0.462. The van der Waals surface area contributed by atoms with Gasteiger partial charge in [0.15, 0.2) is 0 Å². The molecular weight excluding hydrogens is 202 g/mol. The van der Waals surface area contributed by atoms with Gasteiger partial charge in [0.25, 0.3) is 0 Å². The third-order valence-corrected chi connectivity index (χ3v) is 3.15. The van der Waals surface area contributed by atoms with Crippen molar-refractivity contribution in [3.05, 3.63) is 30.3 Å². The van der Waals surface area contributed by atoms with E-state index in [9.17, 15) is 9.90 Å². The molecule has 16 heavy (non-hydrogen) atoms. The van der Waals surface area contributed by atoms with Crippen molar-refractivity contribution in [1.29, 1.82) is 0 Å². The van der Waals surface area contributed by atoms with Gasteiger partial charge in [-0.25, -0.2) is 0 Å². The number of amides is 1. The smallest absolute Gasteiger partial charge is 0.227 e. The average molecular weight is 219 g/mol. The highest BCUT2D eigenvalue weighted by Crippen LogP contribution is 2.27. The lowest BCUT2D eigenvalue weighted by Crippen LogP contribution is -2.51. The van der Waals surface area contributed by atoms with Crippen molar-refractivity contribution in [3.8, 4) is 0 Å². The standard InChI is InChI=1S/C13H17NO2/c1-2-11-12(15)8-9-13(16)14(11)10-6-4-3-5-7-10/h3-7,11-12,15H,2,8-9H2,1H3/t11-,12+/m1/s1. The van der Waals surface area contributed by atoms with Crippen molar-refractivity contribution in [2.24, 2.45) is 0 Å². The van der Waals surface area contributed by atoms with Gasteiger partial charge in [-0.3, -0.25) is 4.79 Å². The van der Waals surface area contributed by atoms with Crippen molar-refractivity contribution >= 4 is 11.6 Å². The number of hydrogen-bond acceptors (Lipinski definition) is 2. The van der Waals surface area contributed by atoms with E-state index in [1.165, 1.54) is 0 Å². The molecule has 0 spiro atoms. The van der Waals surface area contributed by atoms with Gasteiger partial charge in [0.05, 0.1) is 12.1 Å². The summed E-state index contributed by atoms with van der Waals surface area (Å²) in [5.74, 6) is 0.114. The molecule has 1 fully saturated rings. The summed E-state index contributed by atoms with van der Waals surface area (Å²) in [7, 11) is 0. The summed E-state index contributed by atoms with van der Waals surface area (Å²) in [6, 6.07) is 9.50. The number of rotatable bonds is 2. The molecule has 0 bridgehead atoms. The quantitative estimate of drug-likeness (QED) is 0.826. The summed E-state index contributed by atoms with van der Waals surface area (Å²) >= 11 is 0. The van der Waals surface area contributed by atoms with E-state index in [1.807, 2.05) is 37.3 Å². The Morgan fingerprint density at radius 3 is 2.69 bits per heavy atom. The molecule has 0 saturated carbocycles. The average Bonchev–Trinajstić information content (AvgIpc) is 2.33. The van der Waals surface area contributed by atoms with Crippen LogP contribution in [-0.2, 0) is 4.79 Å². The summed E-state index contributed by atoms with van der Waals surface area (Å²) < 4.78 is 0. The minimum atomic E-state index is -0.400. The first-order valence-electron chi connectivity index (χ1n) is 5.79. The topological polar surface area (TPSA) is 40.5 Å². The van der Waals surface area contributed by atoms with Crippen molar-refractivity contribution < 1.29 is 9.90 Å². The monoisotopic (exact) mass is 219 g/mol. The summed E-state index contributed by atoms with van der Waals surface area (Å²) in [5.41, 5.74) is 0.887. The molecule has 0 radical (unpaired) electrons. The first-order chi connectivity index (χ1) is 7.74. The van der Waals surface area contributed by atoms with Gasteiger partial charge in [-0.05, 0) is 25.0 Å². The van der Waals surface area contributed by atoms with E-state index >= 15 is 0 Å². The zero-order valence-corrected chi connectivity index (χ0v) is 9.47. The highest BCUT2D eigenvalue weighted by molar-refractivity contribution is 5.94. The molecule has 0 unspecified atom stereocenters. The predicted molar refractivity (Wildman–Crippen MR) is 63.2 cm³/mol. The normalized spacial score (nSPS) is 25.9. The summed E-state index contributed by atoms with van der Waals surface area (Å²) in [6.45, 7) is 2.00. The fourth-order valence-corrected chi connectivity index (χ4v) is 2.32. The Morgan fingerprint density at radius 2 is 2.06 bits per heavy atom. The zero-order valence-electron chi connectivity index (χ0n) is 9.47. The van der Waals surface area contributed by atoms with Crippen molar-refractivity contribution in [2.75, 3.05) is 4.90 Å². The van der Waals surface area contributed by atoms with E-state index in [2.05, 4.69) is 0 Å². The van der Waals surface area contributed by atoms with Crippen LogP contribution in [-0.4, -0.2) is 23.2 Å². The van der Waals surface area contributed by atoms with Crippen LogP contribution in [0, 0.1) is 0 Å². The van der Waals surface area contributed by atoms with E-state index in [-0.39, 0.29) is 11.9 Å². The molecule has 1 aromatic rings. The summed E-state index contributed by atoms with van der Waals surface area (Å²) in [4.78, 5) is 13.7. The largest absolute Gasteiger partial charge is 0.391 e. The molecule has 1 heterocycles. The van der Waals surface area contributed by atoms with E-state index in [0.29, 0.717) is 12.8 Å². The van der Waals surface area contributed by atoms with Crippen LogP contribution in [0.15, 0.2) is 30.3 Å². The van der Waals surface area contributed by atoms with Gasteiger partial charge in [0.1, 0.15) is 0 Å². The van der Waals surface area contributed by atoms with E-state index in [1.54, 1.807) is 4.90 Å². The first kappa shape index (κ1) is 11.1. The molecule has 1 N–H and O–H groups in total. The molecule has 3 heteroatoms. The lowest BCUT2D eigenvalue weighted by atomic mass is 9.95. The second-order valence-corrected chi connectivity index (χ2v) is 4.18. The number of carbonyl (C=O) groups is 1. The second-order valence-electron chi connectivity index (χ2n) is 4.18. The maximum Gasteiger partial charge on any atom is 0.227 e. The van der Waals surface area contributed by atoms with Crippen molar-refractivity contribution in [2.45, 2.75) is 38.3 Å². The molecule has 3 nitrogen and oxygen atoms in total. The maximum absolute atomic E-state index is 11.9. The van der Waals surface area contributed by atoms with E-state index in [4.69, 9.17) is 0 Å². The summed E-state index contributed by atoms with van der Waals surface area (Å²) in [5, 5.41) is 9.92. The van der Waals surface area contributed by atoms with Crippen LogP contribution in [0.25, 0.3) is 0 Å². The molecule has 1 amide bonds. The van der Waals surface area contributed by atoms with Crippen LogP contribution < -0.4 is 4.90 Å². The predicted octanol–water partition coefficient (Wildman–Crippen LogP) is 1.95. The van der Waals surface area contributed by atoms with Gasteiger partial charge in [-0.2, -0.15) is 0 Å². The third kappa shape index (κ3) is 1.95. The minimum Gasteiger partial charge on any atom is -0.391 e. The van der Waals surface area contributed by atoms with Gasteiger partial charge in [0.2, 0.25) is 5.91 Å². The Balaban J connectivity index is 2.31. The Bertz CT molecular complexity index is 363. The molecule has 86 valence electrons. The Hall–Kier alpha value is -1.35. The van der Waals surface area contributed by atoms with Gasteiger partial charge < -0.3 is 10.0 Å². The number of anilines is 1. The number of aliphatic hydroxyl groups excluding tert-OH is 1. The van der Waals surface area contributed by atoms with Crippen molar-refractivity contribution in [3.63, 3.8) is 0 Å². The second kappa shape index (κ2) is 4.66. The lowest BCUT2D eigenvalue weighted by Gasteiger charge is -2.38. The number of carbonyl (C=O) groups excluding carboxylic acids is 1. The molecule has 1 aliphatic rings. The van der Waals surface area contributed by atoms with E-state index < -0.39 is 6.10 Å². The molecular formula is C13H17NO2. The SMILES string of the molecule is CC[C@@H]1[C@@H](O)CCC(=O)N1c1ccccc1. The molecule has 0 aromatic heterocycles. The molecule has 1 aliphatic heterocycles. The third-order valence-electron chi connectivity index (χ3n) is 3.15. The molecule has 0 aliphatic carbocycles.